The zero-order chi connectivity index (χ0) is 13.3. The summed E-state index contributed by atoms with van der Waals surface area (Å²) in [5.74, 6) is 0.542. The lowest BCUT2D eigenvalue weighted by atomic mass is 9.85. The van der Waals surface area contributed by atoms with Crippen LogP contribution in [0, 0.1) is 12.8 Å². The Morgan fingerprint density at radius 1 is 1.50 bits per heavy atom. The molecule has 1 fully saturated rings. The Hall–Kier alpha value is -1.03. The molecule has 2 rings (SSSR count). The van der Waals surface area contributed by atoms with Gasteiger partial charge >= 0.3 is 0 Å². The molecule has 1 aromatic carbocycles. The minimum Gasteiger partial charge on any atom is -0.507 e. The molecule has 3 nitrogen and oxygen atoms in total. The number of aryl methyl sites for hydroxylation is 1. The molecule has 0 spiro atoms. The zero-order valence-electron chi connectivity index (χ0n) is 10.7. The maximum Gasteiger partial charge on any atom is 0.257 e. The van der Waals surface area contributed by atoms with Crippen LogP contribution in [-0.4, -0.2) is 34.3 Å². The number of phenols is 1. The summed E-state index contributed by atoms with van der Waals surface area (Å²) in [7, 11) is 1.79. The van der Waals surface area contributed by atoms with Crippen LogP contribution >= 0.6 is 15.9 Å². The van der Waals surface area contributed by atoms with E-state index >= 15 is 0 Å². The van der Waals surface area contributed by atoms with E-state index in [2.05, 4.69) is 15.9 Å². The third-order valence-electron chi connectivity index (χ3n) is 3.44. The number of hydrogen-bond acceptors (Lipinski definition) is 2. The van der Waals surface area contributed by atoms with Crippen molar-refractivity contribution < 1.29 is 9.90 Å². The first-order valence-corrected chi connectivity index (χ1v) is 7.08. The fourth-order valence-electron chi connectivity index (χ4n) is 2.30. The highest BCUT2D eigenvalue weighted by atomic mass is 79.9. The van der Waals surface area contributed by atoms with Gasteiger partial charge in [-0.1, -0.05) is 22.0 Å². The molecule has 0 unspecified atom stereocenters. The highest BCUT2D eigenvalue weighted by Gasteiger charge is 2.29. The highest BCUT2D eigenvalue weighted by molar-refractivity contribution is 9.09. The third-order valence-corrected chi connectivity index (χ3v) is 4.19. The van der Waals surface area contributed by atoms with Gasteiger partial charge in [0, 0.05) is 18.4 Å². The Kier molecular flexibility index (Phi) is 3.95. The molecule has 1 saturated carbocycles. The van der Waals surface area contributed by atoms with Gasteiger partial charge in [-0.15, -0.1) is 0 Å². The molecule has 1 aliphatic rings. The quantitative estimate of drug-likeness (QED) is 0.872. The summed E-state index contributed by atoms with van der Waals surface area (Å²) in [5, 5.41) is 9.80. The van der Waals surface area contributed by atoms with Crippen molar-refractivity contribution in [3.05, 3.63) is 29.3 Å². The van der Waals surface area contributed by atoms with E-state index in [1.807, 2.05) is 13.0 Å². The third kappa shape index (κ3) is 2.86. The predicted octanol–water partition coefficient (Wildman–Crippen LogP) is 2.95. The molecule has 0 saturated heterocycles. The fourth-order valence-corrected chi connectivity index (χ4v) is 3.36. The van der Waals surface area contributed by atoms with Crippen molar-refractivity contribution in [2.75, 3.05) is 13.6 Å². The van der Waals surface area contributed by atoms with Crippen molar-refractivity contribution >= 4 is 21.8 Å². The van der Waals surface area contributed by atoms with Crippen LogP contribution in [0.5, 0.6) is 5.75 Å². The molecule has 4 heteroatoms. The number of carbonyl (C=O) groups is 1. The molecule has 1 N–H and O–H groups in total. The van der Waals surface area contributed by atoms with Crippen molar-refractivity contribution in [2.45, 2.75) is 24.6 Å². The van der Waals surface area contributed by atoms with E-state index in [9.17, 15) is 9.90 Å². The maximum absolute atomic E-state index is 12.2. The Morgan fingerprint density at radius 2 is 2.17 bits per heavy atom. The number of aromatic hydroxyl groups is 1. The average Bonchev–Trinajstić information content (AvgIpc) is 2.26. The van der Waals surface area contributed by atoms with Gasteiger partial charge in [0.05, 0.1) is 5.56 Å². The summed E-state index contributed by atoms with van der Waals surface area (Å²) in [6.45, 7) is 2.65. The van der Waals surface area contributed by atoms with Crippen LogP contribution in [0.4, 0.5) is 0 Å². The summed E-state index contributed by atoms with van der Waals surface area (Å²) in [4.78, 5) is 14.5. The van der Waals surface area contributed by atoms with E-state index in [0.29, 0.717) is 16.3 Å². The number of carbonyl (C=O) groups excluding carboxylic acids is 1. The van der Waals surface area contributed by atoms with Gasteiger partial charge in [-0.2, -0.15) is 0 Å². The summed E-state index contributed by atoms with van der Waals surface area (Å²) in [5.41, 5.74) is 1.34. The SMILES string of the molecule is Cc1ccc(C(=O)N(C)CC2CC(Br)C2)c(O)c1. The van der Waals surface area contributed by atoms with Gasteiger partial charge < -0.3 is 10.0 Å². The molecule has 0 aromatic heterocycles. The van der Waals surface area contributed by atoms with Crippen molar-refractivity contribution in [3.63, 3.8) is 0 Å². The van der Waals surface area contributed by atoms with Crippen molar-refractivity contribution in [2.24, 2.45) is 5.92 Å². The first-order chi connectivity index (χ1) is 8.47. The molecular weight excluding hydrogens is 294 g/mol. The van der Waals surface area contributed by atoms with Crippen molar-refractivity contribution in [1.29, 1.82) is 0 Å². The first kappa shape index (κ1) is 13.4. The van der Waals surface area contributed by atoms with Crippen LogP contribution in [0.2, 0.25) is 0 Å². The molecule has 1 amide bonds. The fraction of sp³-hybridized carbons (Fsp3) is 0.500. The van der Waals surface area contributed by atoms with Gasteiger partial charge in [-0.3, -0.25) is 4.79 Å². The largest absolute Gasteiger partial charge is 0.507 e. The average molecular weight is 312 g/mol. The lowest BCUT2D eigenvalue weighted by Crippen LogP contribution is -2.37. The van der Waals surface area contributed by atoms with E-state index in [-0.39, 0.29) is 11.7 Å². The second-order valence-corrected chi connectivity index (χ2v) is 6.44. The van der Waals surface area contributed by atoms with Crippen molar-refractivity contribution in [3.8, 4) is 5.75 Å². The van der Waals surface area contributed by atoms with E-state index < -0.39 is 0 Å². The second kappa shape index (κ2) is 5.31. The maximum atomic E-state index is 12.2. The highest BCUT2D eigenvalue weighted by Crippen LogP contribution is 2.34. The van der Waals surface area contributed by atoms with Gasteiger partial charge in [0.25, 0.3) is 5.91 Å². The number of halogens is 1. The van der Waals surface area contributed by atoms with Crippen LogP contribution in [-0.2, 0) is 0 Å². The number of rotatable bonds is 3. The number of benzene rings is 1. The summed E-state index contributed by atoms with van der Waals surface area (Å²) >= 11 is 3.55. The summed E-state index contributed by atoms with van der Waals surface area (Å²) in [6, 6.07) is 5.16. The number of alkyl halides is 1. The Balaban J connectivity index is 2.01. The topological polar surface area (TPSA) is 40.5 Å². The van der Waals surface area contributed by atoms with Crippen LogP contribution in [0.25, 0.3) is 0 Å². The molecule has 1 aromatic rings. The van der Waals surface area contributed by atoms with Crippen LogP contribution in [0.15, 0.2) is 18.2 Å². The summed E-state index contributed by atoms with van der Waals surface area (Å²) in [6.07, 6.45) is 2.25. The zero-order valence-corrected chi connectivity index (χ0v) is 12.3. The van der Waals surface area contributed by atoms with Crippen LogP contribution in [0.3, 0.4) is 0 Å². The predicted molar refractivity (Wildman–Crippen MR) is 75.2 cm³/mol. The van der Waals surface area contributed by atoms with Crippen molar-refractivity contribution in [1.82, 2.24) is 4.90 Å². The van der Waals surface area contributed by atoms with Gasteiger partial charge in [0.2, 0.25) is 0 Å². The smallest absolute Gasteiger partial charge is 0.257 e. The van der Waals surface area contributed by atoms with Gasteiger partial charge in [0.15, 0.2) is 0 Å². The number of phenolic OH excluding ortho intramolecular Hbond substituents is 1. The summed E-state index contributed by atoms with van der Waals surface area (Å²) < 4.78 is 0. The monoisotopic (exact) mass is 311 g/mol. The molecule has 18 heavy (non-hydrogen) atoms. The van der Waals surface area contributed by atoms with E-state index in [1.165, 1.54) is 0 Å². The number of amides is 1. The number of nitrogens with zero attached hydrogens (tertiary/aromatic N) is 1. The molecule has 0 heterocycles. The Labute approximate surface area is 116 Å². The van der Waals surface area contributed by atoms with Crippen LogP contribution < -0.4 is 0 Å². The molecule has 0 aliphatic heterocycles. The normalized spacial score (nSPS) is 22.4. The van der Waals surface area contributed by atoms with E-state index in [0.717, 1.165) is 24.9 Å². The minimum atomic E-state index is -0.106. The van der Waals surface area contributed by atoms with E-state index in [1.54, 1.807) is 24.1 Å². The molecular formula is C14H18BrNO2. The van der Waals surface area contributed by atoms with Gasteiger partial charge in [-0.05, 0) is 43.4 Å². The lowest BCUT2D eigenvalue weighted by molar-refractivity contribution is 0.0746. The molecule has 1 aliphatic carbocycles. The molecule has 0 atom stereocenters. The van der Waals surface area contributed by atoms with Gasteiger partial charge in [0.1, 0.15) is 5.75 Å². The Morgan fingerprint density at radius 3 is 2.72 bits per heavy atom. The molecule has 98 valence electrons. The Bertz CT molecular complexity index is 455. The lowest BCUT2D eigenvalue weighted by Gasteiger charge is -2.34. The first-order valence-electron chi connectivity index (χ1n) is 6.16. The molecule has 0 bridgehead atoms. The molecule has 0 radical (unpaired) electrons. The second-order valence-electron chi connectivity index (χ2n) is 5.14. The standard InChI is InChI=1S/C14H18BrNO2/c1-9-3-4-12(13(17)5-9)14(18)16(2)8-10-6-11(15)7-10/h3-5,10-11,17H,6-8H2,1-2H3. The van der Waals surface area contributed by atoms with Crippen LogP contribution in [0.1, 0.15) is 28.8 Å². The van der Waals surface area contributed by atoms with E-state index in [4.69, 9.17) is 0 Å². The number of hydrogen-bond donors (Lipinski definition) is 1. The van der Waals surface area contributed by atoms with Gasteiger partial charge in [-0.25, -0.2) is 0 Å². The minimum absolute atomic E-state index is 0.0684.